The molecule has 1 aliphatic carbocycles. The summed E-state index contributed by atoms with van der Waals surface area (Å²) in [6.07, 6.45) is 2.57. The summed E-state index contributed by atoms with van der Waals surface area (Å²) in [6, 6.07) is 0.681. The lowest BCUT2D eigenvalue weighted by molar-refractivity contribution is 0.464. The van der Waals surface area contributed by atoms with Crippen molar-refractivity contribution >= 4 is 23.1 Å². The van der Waals surface area contributed by atoms with Gasteiger partial charge in [0.1, 0.15) is 5.51 Å². The van der Waals surface area contributed by atoms with E-state index in [2.05, 4.69) is 29.5 Å². The number of rotatable bonds is 3. The first-order chi connectivity index (χ1) is 6.81. The average Bonchev–Trinajstić information content (AvgIpc) is 2.79. The van der Waals surface area contributed by atoms with Gasteiger partial charge in [-0.15, -0.1) is 10.2 Å². The molecular weight excluding hydrogens is 214 g/mol. The van der Waals surface area contributed by atoms with E-state index < -0.39 is 0 Å². The molecule has 1 aromatic rings. The van der Waals surface area contributed by atoms with E-state index in [9.17, 15) is 0 Å². The molecule has 0 aromatic carbocycles. The molecule has 1 fully saturated rings. The molecule has 0 spiro atoms. The maximum Gasteiger partial charge on any atom is 0.174 e. The number of hydrogen-bond donors (Lipinski definition) is 1. The van der Waals surface area contributed by atoms with Crippen molar-refractivity contribution in [2.75, 3.05) is 7.05 Å². The monoisotopic (exact) mass is 229 g/mol. The molecule has 1 saturated carbocycles. The first-order valence-corrected chi connectivity index (χ1v) is 6.67. The van der Waals surface area contributed by atoms with Crippen LogP contribution in [0.5, 0.6) is 0 Å². The van der Waals surface area contributed by atoms with Crippen molar-refractivity contribution < 1.29 is 0 Å². The quantitative estimate of drug-likeness (QED) is 0.860. The summed E-state index contributed by atoms with van der Waals surface area (Å²) in [4.78, 5) is 0. The summed E-state index contributed by atoms with van der Waals surface area (Å²) < 4.78 is 1.11. The van der Waals surface area contributed by atoms with Gasteiger partial charge in [-0.2, -0.15) is 0 Å². The van der Waals surface area contributed by atoms with Gasteiger partial charge in [0.25, 0.3) is 0 Å². The lowest BCUT2D eigenvalue weighted by Crippen LogP contribution is -2.29. The number of nitrogens with one attached hydrogen (secondary N) is 1. The molecular formula is C9H15N3S2. The highest BCUT2D eigenvalue weighted by molar-refractivity contribution is 8.01. The second-order valence-corrected chi connectivity index (χ2v) is 6.01. The molecule has 2 rings (SSSR count). The number of aromatic nitrogens is 2. The van der Waals surface area contributed by atoms with Gasteiger partial charge in [0.05, 0.1) is 0 Å². The molecule has 3 atom stereocenters. The van der Waals surface area contributed by atoms with Crippen molar-refractivity contribution in [1.29, 1.82) is 0 Å². The minimum atomic E-state index is 0.681. The Labute approximate surface area is 92.7 Å². The lowest BCUT2D eigenvalue weighted by Gasteiger charge is -2.18. The van der Waals surface area contributed by atoms with E-state index in [0.717, 1.165) is 10.3 Å². The molecule has 78 valence electrons. The second kappa shape index (κ2) is 4.59. The fourth-order valence-corrected chi connectivity index (χ4v) is 4.06. The maximum absolute atomic E-state index is 4.08. The van der Waals surface area contributed by atoms with Gasteiger partial charge in [0.2, 0.25) is 0 Å². The Kier molecular flexibility index (Phi) is 3.41. The SMILES string of the molecule is CNC1CCC(Sc2nncs2)C1C. The Bertz CT molecular complexity index is 276. The van der Waals surface area contributed by atoms with Crippen LogP contribution in [0, 0.1) is 5.92 Å². The van der Waals surface area contributed by atoms with Crippen LogP contribution in [0.1, 0.15) is 19.8 Å². The molecule has 3 unspecified atom stereocenters. The first-order valence-electron chi connectivity index (χ1n) is 4.91. The Balaban J connectivity index is 1.94. The molecule has 0 bridgehead atoms. The Morgan fingerprint density at radius 1 is 1.57 bits per heavy atom. The fraction of sp³-hybridized carbons (Fsp3) is 0.778. The van der Waals surface area contributed by atoms with Crippen molar-refractivity contribution in [2.45, 2.75) is 35.4 Å². The third-order valence-corrected chi connectivity index (χ3v) is 5.26. The van der Waals surface area contributed by atoms with Crippen LogP contribution in [-0.4, -0.2) is 28.5 Å². The van der Waals surface area contributed by atoms with Crippen molar-refractivity contribution in [3.63, 3.8) is 0 Å². The van der Waals surface area contributed by atoms with E-state index in [1.54, 1.807) is 16.8 Å². The van der Waals surface area contributed by atoms with Gasteiger partial charge < -0.3 is 5.32 Å². The van der Waals surface area contributed by atoms with Gasteiger partial charge in [-0.05, 0) is 25.8 Å². The lowest BCUT2D eigenvalue weighted by atomic mass is 10.1. The van der Waals surface area contributed by atoms with Crippen molar-refractivity contribution in [3.8, 4) is 0 Å². The van der Waals surface area contributed by atoms with Gasteiger partial charge in [0.15, 0.2) is 4.34 Å². The zero-order chi connectivity index (χ0) is 9.97. The van der Waals surface area contributed by atoms with Crippen LogP contribution in [0.3, 0.4) is 0 Å². The van der Waals surface area contributed by atoms with E-state index >= 15 is 0 Å². The summed E-state index contributed by atoms with van der Waals surface area (Å²) in [5.41, 5.74) is 1.80. The van der Waals surface area contributed by atoms with Crippen LogP contribution < -0.4 is 5.32 Å². The highest BCUT2D eigenvalue weighted by Gasteiger charge is 2.32. The molecule has 1 aromatic heterocycles. The third kappa shape index (κ3) is 2.10. The number of nitrogens with zero attached hydrogens (tertiary/aromatic N) is 2. The predicted molar refractivity (Wildman–Crippen MR) is 60.8 cm³/mol. The van der Waals surface area contributed by atoms with Gasteiger partial charge in [0, 0.05) is 11.3 Å². The fourth-order valence-electron chi connectivity index (χ4n) is 2.05. The molecule has 1 N–H and O–H groups in total. The van der Waals surface area contributed by atoms with E-state index in [1.807, 2.05) is 11.8 Å². The molecule has 0 saturated heterocycles. The molecule has 0 amide bonds. The number of hydrogen-bond acceptors (Lipinski definition) is 5. The highest BCUT2D eigenvalue weighted by Crippen LogP contribution is 2.39. The minimum absolute atomic E-state index is 0.681. The normalized spacial score (nSPS) is 32.3. The molecule has 1 aliphatic rings. The second-order valence-electron chi connectivity index (χ2n) is 3.69. The summed E-state index contributed by atoms with van der Waals surface area (Å²) >= 11 is 3.53. The van der Waals surface area contributed by atoms with Gasteiger partial charge in [-0.1, -0.05) is 30.0 Å². The molecule has 3 nitrogen and oxygen atoms in total. The van der Waals surface area contributed by atoms with Gasteiger partial charge in [-0.25, -0.2) is 0 Å². The zero-order valence-corrected chi connectivity index (χ0v) is 10.1. The topological polar surface area (TPSA) is 37.8 Å². The van der Waals surface area contributed by atoms with Crippen LogP contribution in [0.4, 0.5) is 0 Å². The standard InChI is InChI=1S/C9H15N3S2/c1-6-7(10-2)3-4-8(6)14-9-12-11-5-13-9/h5-8,10H,3-4H2,1-2H3. The van der Waals surface area contributed by atoms with Crippen molar-refractivity contribution in [1.82, 2.24) is 15.5 Å². The first kappa shape index (κ1) is 10.4. The summed E-state index contributed by atoms with van der Waals surface area (Å²) in [6.45, 7) is 2.33. The Morgan fingerprint density at radius 3 is 3.00 bits per heavy atom. The van der Waals surface area contributed by atoms with Gasteiger partial charge >= 0.3 is 0 Å². The Hall–Kier alpha value is -0.130. The van der Waals surface area contributed by atoms with E-state index in [-0.39, 0.29) is 0 Å². The summed E-state index contributed by atoms with van der Waals surface area (Å²) in [5, 5.41) is 12.0. The van der Waals surface area contributed by atoms with E-state index in [0.29, 0.717) is 11.3 Å². The summed E-state index contributed by atoms with van der Waals surface area (Å²) in [5.74, 6) is 0.730. The Morgan fingerprint density at radius 2 is 2.43 bits per heavy atom. The van der Waals surface area contributed by atoms with Crippen LogP contribution in [-0.2, 0) is 0 Å². The molecule has 0 aliphatic heterocycles. The van der Waals surface area contributed by atoms with E-state index in [4.69, 9.17) is 0 Å². The largest absolute Gasteiger partial charge is 0.317 e. The summed E-state index contributed by atoms with van der Waals surface area (Å²) in [7, 11) is 2.05. The minimum Gasteiger partial charge on any atom is -0.317 e. The number of thioether (sulfide) groups is 1. The van der Waals surface area contributed by atoms with Crippen LogP contribution in [0.2, 0.25) is 0 Å². The predicted octanol–water partition coefficient (Wildman–Crippen LogP) is 2.02. The van der Waals surface area contributed by atoms with E-state index in [1.165, 1.54) is 12.8 Å². The van der Waals surface area contributed by atoms with Crippen molar-refractivity contribution in [3.05, 3.63) is 5.51 Å². The zero-order valence-electron chi connectivity index (χ0n) is 8.43. The van der Waals surface area contributed by atoms with Gasteiger partial charge in [-0.3, -0.25) is 0 Å². The van der Waals surface area contributed by atoms with Crippen LogP contribution >= 0.6 is 23.1 Å². The molecule has 1 heterocycles. The third-order valence-electron chi connectivity index (χ3n) is 2.95. The van der Waals surface area contributed by atoms with Crippen LogP contribution in [0.25, 0.3) is 0 Å². The molecule has 14 heavy (non-hydrogen) atoms. The maximum atomic E-state index is 4.08. The highest BCUT2D eigenvalue weighted by atomic mass is 32.2. The average molecular weight is 229 g/mol. The smallest absolute Gasteiger partial charge is 0.174 e. The van der Waals surface area contributed by atoms with Crippen LogP contribution in [0.15, 0.2) is 9.85 Å². The molecule has 0 radical (unpaired) electrons. The molecule has 5 heteroatoms. The van der Waals surface area contributed by atoms with Crippen molar-refractivity contribution in [2.24, 2.45) is 5.92 Å².